The highest BCUT2D eigenvalue weighted by Crippen LogP contribution is 2.50. The molecule has 1 saturated heterocycles. The SMILES string of the molecule is COc1ccc(C2(C)CCc3cc(OC)ccc3C2(O)C#CCCCCOC2CCCCO2)cc1. The fourth-order valence-electron chi connectivity index (χ4n) is 5.20. The van der Waals surface area contributed by atoms with Gasteiger partial charge >= 0.3 is 0 Å². The molecule has 0 aromatic heterocycles. The minimum Gasteiger partial charge on any atom is -0.497 e. The fraction of sp³-hybridized carbons (Fsp3) is 0.533. The minimum atomic E-state index is -1.31. The van der Waals surface area contributed by atoms with Gasteiger partial charge in [0.25, 0.3) is 0 Å². The van der Waals surface area contributed by atoms with Crippen LogP contribution in [0.1, 0.15) is 68.6 Å². The molecule has 1 aliphatic heterocycles. The van der Waals surface area contributed by atoms with E-state index in [1.165, 1.54) is 6.42 Å². The summed E-state index contributed by atoms with van der Waals surface area (Å²) in [6.07, 6.45) is 7.43. The van der Waals surface area contributed by atoms with Crippen molar-refractivity contribution in [3.63, 3.8) is 0 Å². The highest BCUT2D eigenvalue weighted by molar-refractivity contribution is 5.51. The van der Waals surface area contributed by atoms with E-state index >= 15 is 0 Å². The quantitative estimate of drug-likeness (QED) is 0.400. The summed E-state index contributed by atoms with van der Waals surface area (Å²) in [6.45, 7) is 3.60. The zero-order valence-electron chi connectivity index (χ0n) is 21.3. The summed E-state index contributed by atoms with van der Waals surface area (Å²) in [4.78, 5) is 0. The summed E-state index contributed by atoms with van der Waals surface area (Å²) in [5.41, 5.74) is 1.14. The van der Waals surface area contributed by atoms with E-state index in [9.17, 15) is 5.11 Å². The lowest BCUT2D eigenvalue weighted by molar-refractivity contribution is -0.162. The number of ether oxygens (including phenoxy) is 4. The van der Waals surface area contributed by atoms with Gasteiger partial charge in [-0.1, -0.05) is 37.0 Å². The zero-order chi connectivity index (χ0) is 24.7. The minimum absolute atomic E-state index is 0.0449. The van der Waals surface area contributed by atoms with Crippen molar-refractivity contribution in [2.24, 2.45) is 0 Å². The van der Waals surface area contributed by atoms with Gasteiger partial charge in [-0.25, -0.2) is 0 Å². The molecule has 5 heteroatoms. The molecule has 0 radical (unpaired) electrons. The van der Waals surface area contributed by atoms with Crippen LogP contribution in [0, 0.1) is 11.8 Å². The molecule has 0 saturated carbocycles. The van der Waals surface area contributed by atoms with E-state index in [2.05, 4.69) is 18.8 Å². The molecule has 3 atom stereocenters. The summed E-state index contributed by atoms with van der Waals surface area (Å²) in [7, 11) is 3.33. The van der Waals surface area contributed by atoms with Crippen molar-refractivity contribution in [1.82, 2.24) is 0 Å². The number of aryl methyl sites for hydroxylation is 1. The third kappa shape index (κ3) is 5.51. The first-order chi connectivity index (χ1) is 17.0. The normalized spacial score (nSPS) is 25.8. The third-order valence-corrected chi connectivity index (χ3v) is 7.53. The van der Waals surface area contributed by atoms with Gasteiger partial charge in [0, 0.05) is 30.6 Å². The van der Waals surface area contributed by atoms with Gasteiger partial charge in [-0.3, -0.25) is 0 Å². The Balaban J connectivity index is 1.51. The summed E-state index contributed by atoms with van der Waals surface area (Å²) in [5, 5.41) is 12.3. The van der Waals surface area contributed by atoms with Crippen LogP contribution in [0.3, 0.4) is 0 Å². The second-order valence-corrected chi connectivity index (χ2v) is 9.72. The van der Waals surface area contributed by atoms with Gasteiger partial charge in [0.2, 0.25) is 0 Å². The van der Waals surface area contributed by atoms with Crippen LogP contribution in [0.2, 0.25) is 0 Å². The van der Waals surface area contributed by atoms with E-state index in [0.29, 0.717) is 13.0 Å². The average Bonchev–Trinajstić information content (AvgIpc) is 2.91. The number of rotatable bonds is 8. The molecular weight excluding hydrogens is 440 g/mol. The molecule has 1 fully saturated rings. The maximum absolute atomic E-state index is 12.3. The monoisotopic (exact) mass is 478 g/mol. The Hall–Kier alpha value is -2.52. The summed E-state index contributed by atoms with van der Waals surface area (Å²) in [5.74, 6) is 8.23. The molecule has 3 unspecified atom stereocenters. The van der Waals surface area contributed by atoms with Crippen molar-refractivity contribution in [3.05, 3.63) is 59.2 Å². The first-order valence-electron chi connectivity index (χ1n) is 12.8. The summed E-state index contributed by atoms with van der Waals surface area (Å²) in [6, 6.07) is 13.9. The first-order valence-corrected chi connectivity index (χ1v) is 12.8. The molecule has 1 aliphatic carbocycles. The Kier molecular flexibility index (Phi) is 8.38. The number of hydrogen-bond acceptors (Lipinski definition) is 5. The lowest BCUT2D eigenvalue weighted by Gasteiger charge is -2.47. The van der Waals surface area contributed by atoms with E-state index in [4.69, 9.17) is 18.9 Å². The lowest BCUT2D eigenvalue weighted by atomic mass is 9.59. The van der Waals surface area contributed by atoms with Gasteiger partial charge in [-0.15, -0.1) is 0 Å². The molecule has 0 bridgehead atoms. The Morgan fingerprint density at radius 3 is 2.51 bits per heavy atom. The largest absolute Gasteiger partial charge is 0.497 e. The van der Waals surface area contributed by atoms with Crippen LogP contribution < -0.4 is 9.47 Å². The molecule has 2 aliphatic rings. The highest BCUT2D eigenvalue weighted by Gasteiger charge is 2.51. The Morgan fingerprint density at radius 1 is 1.03 bits per heavy atom. The highest BCUT2D eigenvalue weighted by atomic mass is 16.7. The van der Waals surface area contributed by atoms with E-state index in [0.717, 1.165) is 73.3 Å². The van der Waals surface area contributed by atoms with Crippen molar-refractivity contribution in [1.29, 1.82) is 0 Å². The average molecular weight is 479 g/mol. The number of aliphatic hydroxyl groups is 1. The Morgan fingerprint density at radius 2 is 1.80 bits per heavy atom. The molecule has 35 heavy (non-hydrogen) atoms. The molecule has 2 aromatic rings. The number of methoxy groups -OCH3 is 2. The first kappa shape index (κ1) is 25.6. The maximum atomic E-state index is 12.3. The number of fused-ring (bicyclic) bond motifs is 1. The standard InChI is InChI=1S/C30H38O5/c1-29(24-11-13-25(32-2)14-12-24)19-17-23-22-26(33-3)15-16-27(23)30(29,31)18-7-4-5-8-20-34-28-10-6-9-21-35-28/h11-16,22,28,31H,4-6,8-10,17,19-21H2,1-3H3. The lowest BCUT2D eigenvalue weighted by Crippen LogP contribution is -2.50. The molecule has 5 nitrogen and oxygen atoms in total. The van der Waals surface area contributed by atoms with Crippen LogP contribution in [-0.4, -0.2) is 38.8 Å². The van der Waals surface area contributed by atoms with E-state index in [1.807, 2.05) is 42.5 Å². The Labute approximate surface area is 209 Å². The third-order valence-electron chi connectivity index (χ3n) is 7.53. The number of benzene rings is 2. The number of unbranched alkanes of at least 4 members (excludes halogenated alkanes) is 2. The topological polar surface area (TPSA) is 57.2 Å². The van der Waals surface area contributed by atoms with Crippen LogP contribution in [0.5, 0.6) is 11.5 Å². The van der Waals surface area contributed by atoms with Crippen molar-refractivity contribution in [3.8, 4) is 23.3 Å². The summed E-state index contributed by atoms with van der Waals surface area (Å²) < 4.78 is 22.3. The van der Waals surface area contributed by atoms with Gasteiger partial charge in [0.1, 0.15) is 11.5 Å². The van der Waals surface area contributed by atoms with Crippen molar-refractivity contribution in [2.45, 2.75) is 75.6 Å². The second-order valence-electron chi connectivity index (χ2n) is 9.72. The van der Waals surface area contributed by atoms with Crippen molar-refractivity contribution in [2.75, 3.05) is 27.4 Å². The molecule has 0 spiro atoms. The van der Waals surface area contributed by atoms with Crippen LogP contribution >= 0.6 is 0 Å². The van der Waals surface area contributed by atoms with Crippen LogP contribution in [0.4, 0.5) is 0 Å². The molecular formula is C30H38O5. The molecule has 1 heterocycles. The number of hydrogen-bond donors (Lipinski definition) is 1. The van der Waals surface area contributed by atoms with Gasteiger partial charge < -0.3 is 24.1 Å². The maximum Gasteiger partial charge on any atom is 0.160 e. The smallest absolute Gasteiger partial charge is 0.160 e. The van der Waals surface area contributed by atoms with E-state index in [-0.39, 0.29) is 6.29 Å². The molecule has 1 N–H and O–H groups in total. The van der Waals surface area contributed by atoms with Gasteiger partial charge in [0.05, 0.1) is 14.2 Å². The molecule has 2 aromatic carbocycles. The predicted octanol–water partition coefficient (Wildman–Crippen LogP) is 5.51. The van der Waals surface area contributed by atoms with Crippen LogP contribution in [-0.2, 0) is 26.9 Å². The van der Waals surface area contributed by atoms with E-state index in [1.54, 1.807) is 14.2 Å². The zero-order valence-corrected chi connectivity index (χ0v) is 21.3. The Bertz CT molecular complexity index is 1030. The van der Waals surface area contributed by atoms with Gasteiger partial charge in [0.15, 0.2) is 11.9 Å². The van der Waals surface area contributed by atoms with Gasteiger partial charge in [-0.05, 0) is 80.3 Å². The van der Waals surface area contributed by atoms with Gasteiger partial charge in [-0.2, -0.15) is 0 Å². The van der Waals surface area contributed by atoms with Crippen molar-refractivity contribution >= 4 is 0 Å². The predicted molar refractivity (Wildman–Crippen MR) is 137 cm³/mol. The van der Waals surface area contributed by atoms with Crippen molar-refractivity contribution < 1.29 is 24.1 Å². The summed E-state index contributed by atoms with van der Waals surface area (Å²) >= 11 is 0. The fourth-order valence-corrected chi connectivity index (χ4v) is 5.20. The molecule has 0 amide bonds. The van der Waals surface area contributed by atoms with Crippen LogP contribution in [0.25, 0.3) is 0 Å². The van der Waals surface area contributed by atoms with E-state index < -0.39 is 11.0 Å². The second kappa shape index (κ2) is 11.5. The van der Waals surface area contributed by atoms with Crippen LogP contribution in [0.15, 0.2) is 42.5 Å². The molecule has 4 rings (SSSR count). The molecule has 188 valence electrons.